The molecule has 2 aliphatic rings. The molecule has 0 aromatic heterocycles. The van der Waals surface area contributed by atoms with E-state index in [2.05, 4.69) is 6.58 Å². The zero-order chi connectivity index (χ0) is 17.1. The Bertz CT molecular complexity index is 651. The Kier molecular flexibility index (Phi) is 5.00. The summed E-state index contributed by atoms with van der Waals surface area (Å²) in [5.74, 6) is 0.291. The van der Waals surface area contributed by atoms with Crippen LogP contribution in [0.1, 0.15) is 41.6 Å². The maximum absolute atomic E-state index is 12.7. The first-order valence-electron chi connectivity index (χ1n) is 8.25. The van der Waals surface area contributed by atoms with Crippen molar-refractivity contribution >= 4 is 11.8 Å². The van der Waals surface area contributed by atoms with Gasteiger partial charge in [-0.15, -0.1) is 6.58 Å². The number of methoxy groups -OCH3 is 1. The van der Waals surface area contributed by atoms with Gasteiger partial charge >= 0.3 is 5.97 Å². The quantitative estimate of drug-likeness (QED) is 0.630. The van der Waals surface area contributed by atoms with Crippen molar-refractivity contribution in [1.82, 2.24) is 0 Å². The van der Waals surface area contributed by atoms with E-state index >= 15 is 0 Å². The Morgan fingerprint density at radius 3 is 2.79 bits per heavy atom. The van der Waals surface area contributed by atoms with E-state index in [9.17, 15) is 9.59 Å². The largest absolute Gasteiger partial charge is 0.496 e. The number of rotatable bonds is 3. The molecule has 24 heavy (non-hydrogen) atoms. The number of benzene rings is 1. The molecule has 5 heteroatoms. The number of ether oxygens (including phenoxy) is 3. The topological polar surface area (TPSA) is 61.8 Å². The van der Waals surface area contributed by atoms with Gasteiger partial charge in [-0.3, -0.25) is 4.79 Å². The Morgan fingerprint density at radius 2 is 2.04 bits per heavy atom. The van der Waals surface area contributed by atoms with Gasteiger partial charge in [-0.05, 0) is 11.6 Å². The second kappa shape index (κ2) is 7.18. The second-order valence-electron chi connectivity index (χ2n) is 6.31. The van der Waals surface area contributed by atoms with Gasteiger partial charge < -0.3 is 14.2 Å². The molecule has 0 N–H and O–H groups in total. The first kappa shape index (κ1) is 16.7. The van der Waals surface area contributed by atoms with Crippen LogP contribution in [0.2, 0.25) is 0 Å². The van der Waals surface area contributed by atoms with Crippen LogP contribution in [0.5, 0.6) is 5.75 Å². The highest BCUT2D eigenvalue weighted by Gasteiger charge is 2.34. The summed E-state index contributed by atoms with van der Waals surface area (Å²) in [6.07, 6.45) is 3.23. The summed E-state index contributed by atoms with van der Waals surface area (Å²) in [5.41, 5.74) is 1.21. The zero-order valence-corrected chi connectivity index (χ0v) is 13.8. The number of esters is 1. The van der Waals surface area contributed by atoms with Gasteiger partial charge in [-0.1, -0.05) is 18.2 Å². The molecule has 1 aromatic carbocycles. The highest BCUT2D eigenvalue weighted by atomic mass is 16.6. The molecule has 5 nitrogen and oxygen atoms in total. The molecule has 1 fully saturated rings. The van der Waals surface area contributed by atoms with Crippen LogP contribution in [0, 0.1) is 0 Å². The molecule has 0 saturated carbocycles. The van der Waals surface area contributed by atoms with Crippen molar-refractivity contribution in [3.8, 4) is 5.75 Å². The maximum Gasteiger partial charge on any atom is 0.342 e. The lowest BCUT2D eigenvalue weighted by atomic mass is 9.92. The van der Waals surface area contributed by atoms with Gasteiger partial charge in [0.1, 0.15) is 23.2 Å². The third-order valence-electron chi connectivity index (χ3n) is 4.51. The smallest absolute Gasteiger partial charge is 0.342 e. The van der Waals surface area contributed by atoms with Crippen molar-refractivity contribution in [2.75, 3.05) is 7.11 Å². The van der Waals surface area contributed by atoms with E-state index in [1.165, 1.54) is 7.11 Å². The van der Waals surface area contributed by atoms with Gasteiger partial charge in [0.05, 0.1) is 19.3 Å². The van der Waals surface area contributed by atoms with Crippen molar-refractivity contribution in [1.29, 1.82) is 0 Å². The lowest BCUT2D eigenvalue weighted by Crippen LogP contribution is -2.38. The fourth-order valence-electron chi connectivity index (χ4n) is 3.49. The molecule has 1 aromatic rings. The Morgan fingerprint density at radius 1 is 1.25 bits per heavy atom. The summed E-state index contributed by atoms with van der Waals surface area (Å²) in [5, 5.41) is 0. The molecule has 2 unspecified atom stereocenters. The highest BCUT2D eigenvalue weighted by molar-refractivity contribution is 5.94. The van der Waals surface area contributed by atoms with Crippen molar-refractivity contribution in [2.24, 2.45) is 0 Å². The Hall–Kier alpha value is -2.14. The van der Waals surface area contributed by atoms with Gasteiger partial charge in [0.2, 0.25) is 0 Å². The summed E-state index contributed by atoms with van der Waals surface area (Å²) in [6, 6.07) is 5.44. The van der Waals surface area contributed by atoms with Crippen LogP contribution in [0.3, 0.4) is 0 Å². The average molecular weight is 330 g/mol. The van der Waals surface area contributed by atoms with E-state index in [0.29, 0.717) is 43.4 Å². The molecule has 0 spiro atoms. The molecule has 3 atom stereocenters. The van der Waals surface area contributed by atoms with Crippen molar-refractivity contribution in [2.45, 2.75) is 50.4 Å². The molecule has 2 heterocycles. The molecule has 1 saturated heterocycles. The average Bonchev–Trinajstić information content (AvgIpc) is 2.53. The third kappa shape index (κ3) is 3.51. The van der Waals surface area contributed by atoms with Gasteiger partial charge in [0.25, 0.3) is 0 Å². The van der Waals surface area contributed by atoms with Crippen molar-refractivity contribution in [3.63, 3.8) is 0 Å². The predicted octanol–water partition coefficient (Wildman–Crippen LogP) is 2.86. The van der Waals surface area contributed by atoms with E-state index in [4.69, 9.17) is 14.2 Å². The second-order valence-corrected chi connectivity index (χ2v) is 6.31. The summed E-state index contributed by atoms with van der Waals surface area (Å²) in [7, 11) is 1.53. The molecule has 0 aliphatic carbocycles. The maximum atomic E-state index is 12.7. The fraction of sp³-hybridized carbons (Fsp3) is 0.474. The number of ketones is 1. The minimum atomic E-state index is -0.388. The normalized spacial score (nSPS) is 27.0. The number of carbonyl (C=O) groups is 2. The predicted molar refractivity (Wildman–Crippen MR) is 88.2 cm³/mol. The molecule has 2 aliphatic heterocycles. The fourth-order valence-corrected chi connectivity index (χ4v) is 3.49. The molecule has 128 valence electrons. The number of cyclic esters (lactones) is 1. The van der Waals surface area contributed by atoms with Crippen molar-refractivity contribution in [3.05, 3.63) is 42.0 Å². The standard InChI is InChI=1S/C19H22O5/c1-3-5-14-11-16-10-13(20)9-15(23-16)8-12-6-4-7-17(22-2)18(12)19(21)24-14/h3-4,6-7,14-16H,1,5,8-11H2,2H3/t14?,15-,16?/m0/s1. The molecular weight excluding hydrogens is 308 g/mol. The number of hydrogen-bond donors (Lipinski definition) is 0. The summed E-state index contributed by atoms with van der Waals surface area (Å²) in [6.45, 7) is 3.72. The van der Waals surface area contributed by atoms with E-state index in [1.807, 2.05) is 12.1 Å². The van der Waals surface area contributed by atoms with E-state index in [1.54, 1.807) is 12.1 Å². The molecule has 0 radical (unpaired) electrons. The number of Topliss-reactive ketones (excluding diaryl/α,β-unsaturated/α-hetero) is 1. The minimum Gasteiger partial charge on any atom is -0.496 e. The van der Waals surface area contributed by atoms with Gasteiger partial charge in [-0.2, -0.15) is 0 Å². The summed E-state index contributed by atoms with van der Waals surface area (Å²) in [4.78, 5) is 24.8. The third-order valence-corrected chi connectivity index (χ3v) is 4.51. The minimum absolute atomic E-state index is 0.199. The number of hydrogen-bond acceptors (Lipinski definition) is 5. The lowest BCUT2D eigenvalue weighted by Gasteiger charge is -2.33. The van der Waals surface area contributed by atoms with Crippen LogP contribution >= 0.6 is 0 Å². The first-order chi connectivity index (χ1) is 11.6. The molecular formula is C19H22O5. The molecule has 0 amide bonds. The van der Waals surface area contributed by atoms with Crippen LogP contribution in [-0.2, 0) is 20.7 Å². The van der Waals surface area contributed by atoms with E-state index in [0.717, 1.165) is 5.56 Å². The van der Waals surface area contributed by atoms with Crippen LogP contribution in [0.4, 0.5) is 0 Å². The number of carbonyl (C=O) groups excluding carboxylic acids is 2. The lowest BCUT2D eigenvalue weighted by molar-refractivity contribution is -0.137. The Labute approximate surface area is 141 Å². The number of fused-ring (bicyclic) bond motifs is 3. The van der Waals surface area contributed by atoms with Crippen LogP contribution in [0.25, 0.3) is 0 Å². The first-order valence-corrected chi connectivity index (χ1v) is 8.25. The van der Waals surface area contributed by atoms with Gasteiger partial charge in [0, 0.05) is 32.1 Å². The van der Waals surface area contributed by atoms with Crippen LogP contribution < -0.4 is 4.74 Å². The SMILES string of the molecule is C=CCC1CC2CC(=O)C[C@H](Cc3cccc(OC)c3C(=O)O1)O2. The Balaban J connectivity index is 2.01. The summed E-state index contributed by atoms with van der Waals surface area (Å²) < 4.78 is 17.1. The van der Waals surface area contributed by atoms with Crippen LogP contribution in [-0.4, -0.2) is 37.2 Å². The molecule has 3 rings (SSSR count). The molecule has 2 bridgehead atoms. The van der Waals surface area contributed by atoms with Gasteiger partial charge in [-0.25, -0.2) is 4.79 Å². The van der Waals surface area contributed by atoms with E-state index < -0.39 is 0 Å². The van der Waals surface area contributed by atoms with Crippen molar-refractivity contribution < 1.29 is 23.8 Å². The monoisotopic (exact) mass is 330 g/mol. The highest BCUT2D eigenvalue weighted by Crippen LogP contribution is 2.31. The summed E-state index contributed by atoms with van der Waals surface area (Å²) >= 11 is 0. The van der Waals surface area contributed by atoms with Gasteiger partial charge in [0.15, 0.2) is 0 Å². The zero-order valence-electron chi connectivity index (χ0n) is 13.8. The van der Waals surface area contributed by atoms with Crippen LogP contribution in [0.15, 0.2) is 30.9 Å². The van der Waals surface area contributed by atoms with E-state index in [-0.39, 0.29) is 30.1 Å².